The van der Waals surface area contributed by atoms with Crippen LogP contribution in [0.15, 0.2) is 18.2 Å². The number of piperazine rings is 1. The maximum Gasteiger partial charge on any atom is 0.238 e. The molecule has 0 atom stereocenters. The number of carbonyl (C=O) groups excluding carboxylic acids is 1. The topological polar surface area (TPSA) is 55.8 Å². The fraction of sp³-hybridized carbons (Fsp3) is 0.562. The number of anilines is 1. The van der Waals surface area contributed by atoms with Gasteiger partial charge in [-0.1, -0.05) is 12.1 Å². The van der Waals surface area contributed by atoms with Gasteiger partial charge in [0.15, 0.2) is 0 Å². The molecular weight excluding hydrogens is 266 g/mol. The molecule has 1 saturated heterocycles. The van der Waals surface area contributed by atoms with Crippen molar-refractivity contribution in [1.82, 2.24) is 9.80 Å². The molecule has 1 aromatic rings. The lowest BCUT2D eigenvalue weighted by atomic mass is 10.1. The molecule has 0 saturated carbocycles. The Bertz CT molecular complexity index is 482. The summed E-state index contributed by atoms with van der Waals surface area (Å²) >= 11 is 0. The van der Waals surface area contributed by atoms with Gasteiger partial charge in [0.1, 0.15) is 0 Å². The molecule has 5 nitrogen and oxygen atoms in total. The molecule has 0 bridgehead atoms. The molecule has 1 amide bonds. The zero-order valence-electron chi connectivity index (χ0n) is 12.9. The average Bonchev–Trinajstić information content (AvgIpc) is 2.45. The fourth-order valence-corrected chi connectivity index (χ4v) is 2.58. The highest BCUT2D eigenvalue weighted by atomic mass is 16.3. The molecule has 0 unspecified atom stereocenters. The molecule has 1 aromatic carbocycles. The van der Waals surface area contributed by atoms with Crippen LogP contribution in [0, 0.1) is 13.8 Å². The van der Waals surface area contributed by atoms with E-state index >= 15 is 0 Å². The maximum atomic E-state index is 12.1. The van der Waals surface area contributed by atoms with E-state index in [2.05, 4.69) is 15.1 Å². The quantitative estimate of drug-likeness (QED) is 0.844. The Kier molecular flexibility index (Phi) is 5.73. The zero-order valence-corrected chi connectivity index (χ0v) is 12.9. The van der Waals surface area contributed by atoms with Crippen molar-refractivity contribution >= 4 is 11.6 Å². The lowest BCUT2D eigenvalue weighted by Crippen LogP contribution is -2.49. The van der Waals surface area contributed by atoms with Gasteiger partial charge in [0.25, 0.3) is 0 Å². The number of hydrogen-bond acceptors (Lipinski definition) is 4. The van der Waals surface area contributed by atoms with Gasteiger partial charge >= 0.3 is 0 Å². The molecule has 1 aliphatic rings. The van der Waals surface area contributed by atoms with Gasteiger partial charge in [0.2, 0.25) is 5.91 Å². The Labute approximate surface area is 126 Å². The van der Waals surface area contributed by atoms with Crippen LogP contribution in [0.4, 0.5) is 5.69 Å². The van der Waals surface area contributed by atoms with E-state index in [-0.39, 0.29) is 12.5 Å². The van der Waals surface area contributed by atoms with Crippen LogP contribution in [0.3, 0.4) is 0 Å². The molecule has 5 heteroatoms. The number of aryl methyl sites for hydroxylation is 2. The van der Waals surface area contributed by atoms with Crippen molar-refractivity contribution in [3.8, 4) is 0 Å². The van der Waals surface area contributed by atoms with Crippen LogP contribution < -0.4 is 5.32 Å². The van der Waals surface area contributed by atoms with Gasteiger partial charge in [0.05, 0.1) is 13.2 Å². The molecule has 1 aliphatic heterocycles. The number of aliphatic hydroxyl groups excluding tert-OH is 1. The Morgan fingerprint density at radius 2 is 1.86 bits per heavy atom. The van der Waals surface area contributed by atoms with Gasteiger partial charge in [-0.05, 0) is 31.0 Å². The van der Waals surface area contributed by atoms with E-state index in [1.54, 1.807) is 0 Å². The Morgan fingerprint density at radius 3 is 2.52 bits per heavy atom. The van der Waals surface area contributed by atoms with Gasteiger partial charge in [-0.3, -0.25) is 14.6 Å². The Balaban J connectivity index is 1.81. The summed E-state index contributed by atoms with van der Waals surface area (Å²) in [5.41, 5.74) is 3.13. The van der Waals surface area contributed by atoms with Crippen LogP contribution in [-0.2, 0) is 4.79 Å². The average molecular weight is 291 g/mol. The summed E-state index contributed by atoms with van der Waals surface area (Å²) in [6, 6.07) is 6.08. The standard InChI is InChI=1S/C16H25N3O2/c1-13-3-4-14(2)15(11-13)17-16(21)12-19-7-5-18(6-8-19)9-10-20/h3-4,11,20H,5-10,12H2,1-2H3,(H,17,21). The van der Waals surface area contributed by atoms with E-state index in [0.717, 1.165) is 49.5 Å². The highest BCUT2D eigenvalue weighted by molar-refractivity contribution is 5.93. The fourth-order valence-electron chi connectivity index (χ4n) is 2.58. The molecule has 1 fully saturated rings. The van der Waals surface area contributed by atoms with Gasteiger partial charge in [-0.2, -0.15) is 0 Å². The summed E-state index contributed by atoms with van der Waals surface area (Å²) in [7, 11) is 0. The van der Waals surface area contributed by atoms with Crippen molar-refractivity contribution in [1.29, 1.82) is 0 Å². The maximum absolute atomic E-state index is 12.1. The zero-order chi connectivity index (χ0) is 15.2. The summed E-state index contributed by atoms with van der Waals surface area (Å²) in [4.78, 5) is 16.5. The predicted molar refractivity (Wildman–Crippen MR) is 84.5 cm³/mol. The number of carbonyl (C=O) groups is 1. The highest BCUT2D eigenvalue weighted by Gasteiger charge is 2.18. The summed E-state index contributed by atoms with van der Waals surface area (Å²) < 4.78 is 0. The lowest BCUT2D eigenvalue weighted by Gasteiger charge is -2.33. The number of nitrogens with one attached hydrogen (secondary N) is 1. The van der Waals surface area contributed by atoms with Crippen LogP contribution in [0.2, 0.25) is 0 Å². The second-order valence-corrected chi connectivity index (χ2v) is 5.71. The van der Waals surface area contributed by atoms with Crippen molar-refractivity contribution in [2.45, 2.75) is 13.8 Å². The lowest BCUT2D eigenvalue weighted by molar-refractivity contribution is -0.117. The molecule has 2 N–H and O–H groups in total. The van der Waals surface area contributed by atoms with E-state index in [1.165, 1.54) is 0 Å². The first-order valence-electron chi connectivity index (χ1n) is 7.51. The number of β-amino-alcohol motifs (C(OH)–C–C–N with tert-alkyl or cyclic N) is 1. The number of nitrogens with zero attached hydrogens (tertiary/aromatic N) is 2. The van der Waals surface area contributed by atoms with Gasteiger partial charge in [0, 0.05) is 38.4 Å². The predicted octanol–water partition coefficient (Wildman–Crippen LogP) is 0.852. The van der Waals surface area contributed by atoms with Crippen LogP contribution in [0.25, 0.3) is 0 Å². The van der Waals surface area contributed by atoms with Crippen LogP contribution in [-0.4, -0.2) is 66.7 Å². The number of amides is 1. The first kappa shape index (κ1) is 15.9. The number of rotatable bonds is 5. The minimum atomic E-state index is 0.0410. The summed E-state index contributed by atoms with van der Waals surface area (Å²) in [5.74, 6) is 0.0410. The third-order valence-corrected chi connectivity index (χ3v) is 3.92. The van der Waals surface area contributed by atoms with Crippen molar-refractivity contribution in [2.24, 2.45) is 0 Å². The summed E-state index contributed by atoms with van der Waals surface area (Å²) in [6.45, 7) is 8.96. The third-order valence-electron chi connectivity index (χ3n) is 3.92. The van der Waals surface area contributed by atoms with E-state index < -0.39 is 0 Å². The Hall–Kier alpha value is -1.43. The smallest absolute Gasteiger partial charge is 0.238 e. The van der Waals surface area contributed by atoms with Gasteiger partial charge < -0.3 is 10.4 Å². The van der Waals surface area contributed by atoms with E-state index in [0.29, 0.717) is 6.54 Å². The minimum absolute atomic E-state index is 0.0410. The third kappa shape index (κ3) is 4.81. The number of hydrogen-bond donors (Lipinski definition) is 2. The molecule has 0 radical (unpaired) electrons. The first-order valence-corrected chi connectivity index (χ1v) is 7.51. The molecular formula is C16H25N3O2. The van der Waals surface area contributed by atoms with Gasteiger partial charge in [-0.25, -0.2) is 0 Å². The van der Waals surface area contributed by atoms with E-state index in [9.17, 15) is 4.79 Å². The SMILES string of the molecule is Cc1ccc(C)c(NC(=O)CN2CCN(CCO)CC2)c1. The second kappa shape index (κ2) is 7.54. The van der Waals surface area contributed by atoms with E-state index in [1.807, 2.05) is 32.0 Å². The largest absolute Gasteiger partial charge is 0.395 e. The van der Waals surface area contributed by atoms with Gasteiger partial charge in [-0.15, -0.1) is 0 Å². The molecule has 0 aromatic heterocycles. The monoisotopic (exact) mass is 291 g/mol. The number of benzene rings is 1. The second-order valence-electron chi connectivity index (χ2n) is 5.71. The summed E-state index contributed by atoms with van der Waals surface area (Å²) in [5, 5.41) is 11.9. The molecule has 1 heterocycles. The molecule has 0 aliphatic carbocycles. The van der Waals surface area contributed by atoms with Crippen LogP contribution in [0.1, 0.15) is 11.1 Å². The Morgan fingerprint density at radius 1 is 1.19 bits per heavy atom. The minimum Gasteiger partial charge on any atom is -0.395 e. The first-order chi connectivity index (χ1) is 10.1. The van der Waals surface area contributed by atoms with Crippen molar-refractivity contribution < 1.29 is 9.90 Å². The molecule has 2 rings (SSSR count). The van der Waals surface area contributed by atoms with Crippen molar-refractivity contribution in [3.05, 3.63) is 29.3 Å². The molecule has 0 spiro atoms. The molecule has 21 heavy (non-hydrogen) atoms. The van der Waals surface area contributed by atoms with Crippen LogP contribution in [0.5, 0.6) is 0 Å². The number of aliphatic hydroxyl groups is 1. The normalized spacial score (nSPS) is 16.9. The highest BCUT2D eigenvalue weighted by Crippen LogP contribution is 2.16. The van der Waals surface area contributed by atoms with Crippen molar-refractivity contribution in [3.63, 3.8) is 0 Å². The van der Waals surface area contributed by atoms with Crippen LogP contribution >= 0.6 is 0 Å². The molecule has 116 valence electrons. The summed E-state index contributed by atoms with van der Waals surface area (Å²) in [6.07, 6.45) is 0. The van der Waals surface area contributed by atoms with E-state index in [4.69, 9.17) is 5.11 Å². The van der Waals surface area contributed by atoms with Crippen molar-refractivity contribution in [2.75, 3.05) is 51.2 Å².